The highest BCUT2D eigenvalue weighted by Crippen LogP contribution is 2.37. The van der Waals surface area contributed by atoms with E-state index in [4.69, 9.17) is 0 Å². The predicted molar refractivity (Wildman–Crippen MR) is 58.9 cm³/mol. The molecule has 1 aromatic rings. The second kappa shape index (κ2) is 4.35. The number of benzene rings is 1. The number of nitrogens with zero attached hydrogens (tertiary/aromatic N) is 2. The van der Waals surface area contributed by atoms with Crippen molar-refractivity contribution in [3.05, 3.63) is 32.4 Å². The van der Waals surface area contributed by atoms with E-state index in [9.17, 15) is 25.3 Å². The van der Waals surface area contributed by atoms with Gasteiger partial charge in [-0.25, -0.2) is 0 Å². The van der Waals surface area contributed by atoms with E-state index in [-0.39, 0.29) is 10.9 Å². The fourth-order valence-corrected chi connectivity index (χ4v) is 1.79. The molecule has 0 spiro atoms. The summed E-state index contributed by atoms with van der Waals surface area (Å²) in [6, 6.07) is 2.32. The molecule has 0 bridgehead atoms. The van der Waals surface area contributed by atoms with E-state index in [1.54, 1.807) is 12.5 Å². The summed E-state index contributed by atoms with van der Waals surface area (Å²) in [5.41, 5.74) is -1.27. The third kappa shape index (κ3) is 2.22. The number of aromatic hydroxyl groups is 1. The molecule has 1 aromatic carbocycles. The number of phenolic OH excluding ortho intramolecular Hbond substituents is 1. The summed E-state index contributed by atoms with van der Waals surface area (Å²) >= 11 is 0. The minimum atomic E-state index is -0.899. The Morgan fingerprint density at radius 1 is 1.12 bits per heavy atom. The lowest BCUT2D eigenvalue weighted by atomic mass is 10.2. The van der Waals surface area contributed by atoms with Gasteiger partial charge in [0.1, 0.15) is 12.5 Å². The van der Waals surface area contributed by atoms with Gasteiger partial charge in [-0.1, -0.05) is 0 Å². The van der Waals surface area contributed by atoms with E-state index >= 15 is 0 Å². The van der Waals surface area contributed by atoms with Crippen LogP contribution in [0.25, 0.3) is 0 Å². The number of rotatable bonds is 3. The summed E-state index contributed by atoms with van der Waals surface area (Å²) in [7, 11) is -0.361. The van der Waals surface area contributed by atoms with Crippen LogP contribution in [0.3, 0.4) is 0 Å². The van der Waals surface area contributed by atoms with Crippen LogP contribution in [0.1, 0.15) is 0 Å². The second-order valence-electron chi connectivity index (χ2n) is 3.14. The lowest BCUT2D eigenvalue weighted by molar-refractivity contribution is -0.396. The Morgan fingerprint density at radius 2 is 1.50 bits per heavy atom. The van der Waals surface area contributed by atoms with Crippen molar-refractivity contribution < 1.29 is 15.0 Å². The van der Waals surface area contributed by atoms with E-state index in [0.29, 0.717) is 4.90 Å². The van der Waals surface area contributed by atoms with Crippen LogP contribution in [-0.2, 0) is 10.9 Å². The first-order valence-electron chi connectivity index (χ1n) is 4.08. The summed E-state index contributed by atoms with van der Waals surface area (Å²) in [5, 5.41) is 30.6. The van der Waals surface area contributed by atoms with Gasteiger partial charge < -0.3 is 5.11 Å². The van der Waals surface area contributed by atoms with Crippen LogP contribution in [0.2, 0.25) is 0 Å². The van der Waals surface area contributed by atoms with Gasteiger partial charge >= 0.3 is 11.4 Å². The average molecular weight is 245 g/mol. The van der Waals surface area contributed by atoms with Gasteiger partial charge in [0.2, 0.25) is 0 Å². The van der Waals surface area contributed by atoms with Gasteiger partial charge in [0.15, 0.2) is 4.90 Å². The number of phenols is 1. The topological polar surface area (TPSA) is 107 Å². The highest BCUT2D eigenvalue weighted by molar-refractivity contribution is 7.95. The molecule has 7 nitrogen and oxygen atoms in total. The summed E-state index contributed by atoms with van der Waals surface area (Å²) in [5.74, 6) is -0.899. The molecule has 0 aliphatic carbocycles. The molecule has 0 amide bonds. The van der Waals surface area contributed by atoms with Crippen molar-refractivity contribution in [3.8, 4) is 5.75 Å². The summed E-state index contributed by atoms with van der Waals surface area (Å²) in [6.45, 7) is 0. The molecule has 0 atom stereocenters. The van der Waals surface area contributed by atoms with E-state index in [1.165, 1.54) is 0 Å². The van der Waals surface area contributed by atoms with Crippen LogP contribution < -0.4 is 0 Å². The van der Waals surface area contributed by atoms with Crippen molar-refractivity contribution in [2.45, 2.75) is 4.90 Å². The number of hydrogen-bond acceptors (Lipinski definition) is 5. The van der Waals surface area contributed by atoms with E-state index in [2.05, 4.69) is 0 Å². The second-order valence-corrected chi connectivity index (χ2v) is 5.25. The molecular formula is C8H9N2O5S+. The Kier molecular flexibility index (Phi) is 3.33. The molecule has 0 saturated carbocycles. The van der Waals surface area contributed by atoms with E-state index in [1.807, 2.05) is 0 Å². The van der Waals surface area contributed by atoms with Crippen LogP contribution in [-0.4, -0.2) is 27.5 Å². The molecule has 0 aliphatic heterocycles. The first-order valence-corrected chi connectivity index (χ1v) is 6.12. The zero-order valence-corrected chi connectivity index (χ0v) is 9.35. The largest absolute Gasteiger partial charge is 0.497 e. The average Bonchev–Trinajstić information content (AvgIpc) is 2.16. The fourth-order valence-electron chi connectivity index (χ4n) is 1.09. The maximum atomic E-state index is 10.6. The van der Waals surface area contributed by atoms with Gasteiger partial charge in [-0.2, -0.15) is 0 Å². The highest BCUT2D eigenvalue weighted by Gasteiger charge is 2.29. The van der Waals surface area contributed by atoms with Gasteiger partial charge in [0.05, 0.1) is 22.0 Å². The molecule has 1 N–H and O–H groups in total. The standard InChI is InChI=1S/C8H8N2O5S/c1-16(2)5-3-6(9(12)13)8(11)7(4-5)10(14)15/h3-4H,1-2H3/p+1. The zero-order valence-electron chi connectivity index (χ0n) is 8.54. The molecule has 0 radical (unpaired) electrons. The van der Waals surface area contributed by atoms with Crippen molar-refractivity contribution in [1.29, 1.82) is 0 Å². The Morgan fingerprint density at radius 3 is 1.75 bits per heavy atom. The van der Waals surface area contributed by atoms with Gasteiger partial charge in [-0.05, 0) is 0 Å². The molecule has 0 saturated heterocycles. The summed E-state index contributed by atoms with van der Waals surface area (Å²) in [4.78, 5) is 20.0. The van der Waals surface area contributed by atoms with Gasteiger partial charge in [-0.3, -0.25) is 20.2 Å². The van der Waals surface area contributed by atoms with Crippen LogP contribution in [0.5, 0.6) is 5.75 Å². The number of nitro benzene ring substituents is 2. The van der Waals surface area contributed by atoms with Crippen LogP contribution in [0.15, 0.2) is 17.0 Å². The third-order valence-corrected chi connectivity index (χ3v) is 3.09. The van der Waals surface area contributed by atoms with Crippen LogP contribution in [0.4, 0.5) is 11.4 Å². The molecule has 1 rings (SSSR count). The highest BCUT2D eigenvalue weighted by atomic mass is 32.2. The lowest BCUT2D eigenvalue weighted by Gasteiger charge is -2.00. The van der Waals surface area contributed by atoms with Crippen molar-refractivity contribution in [2.24, 2.45) is 0 Å². The van der Waals surface area contributed by atoms with Crippen molar-refractivity contribution in [1.82, 2.24) is 0 Å². The first kappa shape index (κ1) is 12.2. The van der Waals surface area contributed by atoms with Crippen molar-refractivity contribution >= 4 is 22.3 Å². The minimum Gasteiger partial charge on any atom is -0.497 e. The maximum absolute atomic E-state index is 10.6. The Hall–Kier alpha value is -1.83. The van der Waals surface area contributed by atoms with Gasteiger partial charge in [0, 0.05) is 10.9 Å². The zero-order chi connectivity index (χ0) is 12.5. The normalized spacial score (nSPS) is 10.4. The Bertz CT molecular complexity index is 425. The monoisotopic (exact) mass is 245 g/mol. The first-order chi connectivity index (χ1) is 7.34. The van der Waals surface area contributed by atoms with E-state index in [0.717, 1.165) is 12.1 Å². The van der Waals surface area contributed by atoms with Crippen LogP contribution in [0, 0.1) is 20.2 Å². The summed E-state index contributed by atoms with van der Waals surface area (Å²) < 4.78 is 0. The number of hydrogen-bond donors (Lipinski definition) is 1. The molecule has 0 heterocycles. The Labute approximate surface area is 93.4 Å². The molecule has 0 unspecified atom stereocenters. The molecule has 0 fully saturated rings. The molecule has 8 heteroatoms. The lowest BCUT2D eigenvalue weighted by Crippen LogP contribution is -2.01. The van der Waals surface area contributed by atoms with Gasteiger partial charge in [-0.15, -0.1) is 0 Å². The quantitative estimate of drug-likeness (QED) is 0.492. The smallest absolute Gasteiger partial charge is 0.323 e. The molecule has 0 aliphatic rings. The van der Waals surface area contributed by atoms with Crippen LogP contribution >= 0.6 is 0 Å². The third-order valence-electron chi connectivity index (χ3n) is 1.91. The molecule has 86 valence electrons. The molecular weight excluding hydrogens is 236 g/mol. The van der Waals surface area contributed by atoms with Crippen molar-refractivity contribution in [3.63, 3.8) is 0 Å². The predicted octanol–water partition coefficient (Wildman–Crippen LogP) is 1.45. The SMILES string of the molecule is C[S+](C)c1cc([N+](=O)[O-])c(O)c([N+](=O)[O-])c1. The molecule has 0 aromatic heterocycles. The summed E-state index contributed by atoms with van der Waals surface area (Å²) in [6.07, 6.45) is 3.56. The van der Waals surface area contributed by atoms with Crippen molar-refractivity contribution in [2.75, 3.05) is 12.5 Å². The minimum absolute atomic E-state index is 0.361. The van der Waals surface area contributed by atoms with Gasteiger partial charge in [0.25, 0.3) is 5.75 Å². The fraction of sp³-hybridized carbons (Fsp3) is 0.250. The maximum Gasteiger partial charge on any atom is 0.323 e. The Balaban J connectivity index is 3.51. The van der Waals surface area contributed by atoms with E-state index < -0.39 is 27.0 Å². The molecule has 16 heavy (non-hydrogen) atoms. The number of nitro groups is 2.